The quantitative estimate of drug-likeness (QED) is 0.286. The molecule has 0 saturated heterocycles. The van der Waals surface area contributed by atoms with E-state index in [1.54, 1.807) is 0 Å². The van der Waals surface area contributed by atoms with Gasteiger partial charge in [0.2, 0.25) is 0 Å². The minimum atomic E-state index is -0.687. The highest BCUT2D eigenvalue weighted by molar-refractivity contribution is 5.87. The third kappa shape index (κ3) is 2.75. The summed E-state index contributed by atoms with van der Waals surface area (Å²) in [7, 11) is 0. The molecule has 0 radical (unpaired) electrons. The number of hydrogen-bond donors (Lipinski definition) is 0. The van der Waals surface area contributed by atoms with Crippen LogP contribution in [0.1, 0.15) is 27.0 Å². The van der Waals surface area contributed by atoms with Gasteiger partial charge in [0.25, 0.3) is 0 Å². The first-order valence-corrected chi connectivity index (χ1v) is 9.94. The molecule has 3 heteroatoms. The van der Waals surface area contributed by atoms with Crippen LogP contribution in [0.5, 0.6) is 0 Å². The van der Waals surface area contributed by atoms with Crippen molar-refractivity contribution in [1.29, 1.82) is 0 Å². The normalized spacial score (nSPS) is 11.5. The van der Waals surface area contributed by atoms with Gasteiger partial charge in [0, 0.05) is 10.9 Å². The van der Waals surface area contributed by atoms with E-state index in [-0.39, 0.29) is 0 Å². The number of fused-ring (bicyclic) bond motifs is 1. The molecule has 5 aromatic rings. The topological polar surface area (TPSA) is 34.9 Å². The van der Waals surface area contributed by atoms with Gasteiger partial charge in [-0.05, 0) is 22.8 Å². The molecule has 0 aliphatic carbocycles. The Hall–Kier alpha value is -3.98. The van der Waals surface area contributed by atoms with Crippen molar-refractivity contribution in [3.63, 3.8) is 0 Å². The van der Waals surface area contributed by atoms with Crippen molar-refractivity contribution in [3.8, 4) is 0 Å². The number of aromatic nitrogens is 2. The number of hydrogen-bond acceptors (Lipinski definition) is 2. The molecule has 1 heterocycles. The summed E-state index contributed by atoms with van der Waals surface area (Å²) in [5.41, 5.74) is 4.16. The average Bonchev–Trinajstić information content (AvgIpc) is 3.25. The van der Waals surface area contributed by atoms with Gasteiger partial charge in [-0.15, -0.1) is 0 Å². The molecular formula is C27H20N2O. The van der Waals surface area contributed by atoms with Crippen molar-refractivity contribution in [1.82, 2.24) is 9.78 Å². The van der Waals surface area contributed by atoms with Crippen LogP contribution >= 0.6 is 0 Å². The zero-order chi connectivity index (χ0) is 20.4. The van der Waals surface area contributed by atoms with Gasteiger partial charge in [-0.3, -0.25) is 4.79 Å². The maximum Gasteiger partial charge on any atom is 0.150 e. The van der Waals surface area contributed by atoms with Crippen LogP contribution < -0.4 is 0 Å². The summed E-state index contributed by atoms with van der Waals surface area (Å²) in [6.07, 6.45) is 2.75. The van der Waals surface area contributed by atoms with Gasteiger partial charge in [0.15, 0.2) is 0 Å². The van der Waals surface area contributed by atoms with E-state index in [2.05, 4.69) is 77.5 Å². The predicted octanol–water partition coefficient (Wildman–Crippen LogP) is 5.69. The lowest BCUT2D eigenvalue weighted by Crippen LogP contribution is -2.38. The van der Waals surface area contributed by atoms with Crippen molar-refractivity contribution < 1.29 is 4.79 Å². The lowest BCUT2D eigenvalue weighted by molar-refractivity contribution is 0.112. The zero-order valence-corrected chi connectivity index (χ0v) is 16.3. The number of aldehydes is 1. The zero-order valence-electron chi connectivity index (χ0n) is 16.3. The first-order chi connectivity index (χ1) is 14.8. The monoisotopic (exact) mass is 388 g/mol. The Kier molecular flexibility index (Phi) is 4.49. The molecule has 0 bridgehead atoms. The molecule has 1 aromatic heterocycles. The second-order valence-corrected chi connectivity index (χ2v) is 7.30. The number of benzene rings is 4. The Labute approximate surface area is 175 Å². The summed E-state index contributed by atoms with van der Waals surface area (Å²) >= 11 is 0. The Balaban J connectivity index is 1.96. The smallest absolute Gasteiger partial charge is 0.150 e. The Morgan fingerprint density at radius 1 is 0.667 bits per heavy atom. The molecule has 144 valence electrons. The van der Waals surface area contributed by atoms with Crippen molar-refractivity contribution in [2.45, 2.75) is 5.54 Å². The van der Waals surface area contributed by atoms with Gasteiger partial charge in [-0.25, -0.2) is 4.68 Å². The molecule has 0 N–H and O–H groups in total. The van der Waals surface area contributed by atoms with Gasteiger partial charge in [0.1, 0.15) is 11.8 Å². The van der Waals surface area contributed by atoms with Crippen molar-refractivity contribution in [2.75, 3.05) is 0 Å². The molecule has 0 aliphatic heterocycles. The molecule has 0 amide bonds. The number of carbonyl (C=O) groups is 1. The van der Waals surface area contributed by atoms with Crippen LogP contribution in [-0.4, -0.2) is 16.1 Å². The molecule has 4 aromatic carbocycles. The molecule has 0 fully saturated rings. The second kappa shape index (κ2) is 7.45. The fraction of sp³-hybridized carbons (Fsp3) is 0.0370. The van der Waals surface area contributed by atoms with Crippen LogP contribution in [-0.2, 0) is 5.54 Å². The van der Waals surface area contributed by atoms with Crippen LogP contribution in [0.2, 0.25) is 0 Å². The SMILES string of the molecule is O=Cc1ccc2cnn(C(c3ccccc3)(c3ccccc3)c3ccccc3)c2c1. The van der Waals surface area contributed by atoms with Gasteiger partial charge in [-0.2, -0.15) is 5.10 Å². The molecule has 0 atom stereocenters. The second-order valence-electron chi connectivity index (χ2n) is 7.30. The summed E-state index contributed by atoms with van der Waals surface area (Å²) in [6, 6.07) is 36.9. The first kappa shape index (κ1) is 18.1. The lowest BCUT2D eigenvalue weighted by Gasteiger charge is -2.37. The molecule has 0 unspecified atom stereocenters. The van der Waals surface area contributed by atoms with Gasteiger partial charge >= 0.3 is 0 Å². The maximum atomic E-state index is 11.5. The van der Waals surface area contributed by atoms with Gasteiger partial charge in [-0.1, -0.05) is 103 Å². The number of rotatable bonds is 5. The summed E-state index contributed by atoms with van der Waals surface area (Å²) in [4.78, 5) is 11.5. The van der Waals surface area contributed by atoms with Crippen LogP contribution in [0.3, 0.4) is 0 Å². The highest BCUT2D eigenvalue weighted by atomic mass is 16.1. The summed E-state index contributed by atoms with van der Waals surface area (Å²) in [6.45, 7) is 0. The maximum absolute atomic E-state index is 11.5. The van der Waals surface area contributed by atoms with E-state index in [0.717, 1.165) is 33.9 Å². The number of nitrogens with zero attached hydrogens (tertiary/aromatic N) is 2. The van der Waals surface area contributed by atoms with Crippen LogP contribution in [0.25, 0.3) is 10.9 Å². The molecule has 0 saturated carbocycles. The molecule has 5 rings (SSSR count). The highest BCUT2D eigenvalue weighted by Crippen LogP contribution is 2.42. The van der Waals surface area contributed by atoms with Crippen molar-refractivity contribution in [3.05, 3.63) is 138 Å². The van der Waals surface area contributed by atoms with E-state index < -0.39 is 5.54 Å². The van der Waals surface area contributed by atoms with Crippen LogP contribution in [0.4, 0.5) is 0 Å². The molecule has 0 spiro atoms. The van der Waals surface area contributed by atoms with E-state index in [4.69, 9.17) is 5.10 Å². The number of carbonyl (C=O) groups excluding carboxylic acids is 1. The molecule has 0 aliphatic rings. The standard InChI is InChI=1S/C27H20N2O/c30-20-21-16-17-22-19-28-29(26(22)18-21)27(23-10-4-1-5-11-23,24-12-6-2-7-13-24)25-14-8-3-9-15-25/h1-20H. The average molecular weight is 388 g/mol. The fourth-order valence-corrected chi connectivity index (χ4v) is 4.28. The summed E-state index contributed by atoms with van der Waals surface area (Å²) in [5.74, 6) is 0. The third-order valence-corrected chi connectivity index (χ3v) is 5.62. The van der Waals surface area contributed by atoms with Crippen LogP contribution in [0.15, 0.2) is 115 Å². The summed E-state index contributed by atoms with van der Waals surface area (Å²) in [5, 5.41) is 5.87. The van der Waals surface area contributed by atoms with E-state index in [1.165, 1.54) is 0 Å². The third-order valence-electron chi connectivity index (χ3n) is 5.62. The predicted molar refractivity (Wildman–Crippen MR) is 120 cm³/mol. The van der Waals surface area contributed by atoms with E-state index in [9.17, 15) is 4.79 Å². The van der Waals surface area contributed by atoms with Gasteiger partial charge < -0.3 is 0 Å². The Morgan fingerprint density at radius 3 is 1.63 bits per heavy atom. The van der Waals surface area contributed by atoms with E-state index in [1.807, 2.05) is 42.6 Å². The minimum absolute atomic E-state index is 0.632. The molecule has 3 nitrogen and oxygen atoms in total. The molecular weight excluding hydrogens is 368 g/mol. The lowest BCUT2D eigenvalue weighted by atomic mass is 9.77. The Bertz CT molecular complexity index is 1200. The first-order valence-electron chi connectivity index (χ1n) is 9.94. The van der Waals surface area contributed by atoms with E-state index >= 15 is 0 Å². The van der Waals surface area contributed by atoms with Crippen molar-refractivity contribution >= 4 is 17.2 Å². The van der Waals surface area contributed by atoms with E-state index in [0.29, 0.717) is 5.56 Å². The molecule has 30 heavy (non-hydrogen) atoms. The largest absolute Gasteiger partial charge is 0.298 e. The minimum Gasteiger partial charge on any atom is -0.298 e. The van der Waals surface area contributed by atoms with Gasteiger partial charge in [0.05, 0.1) is 11.7 Å². The fourth-order valence-electron chi connectivity index (χ4n) is 4.28. The summed E-state index contributed by atoms with van der Waals surface area (Å²) < 4.78 is 2.05. The Morgan fingerprint density at radius 2 is 1.17 bits per heavy atom. The van der Waals surface area contributed by atoms with Crippen LogP contribution in [0, 0.1) is 0 Å². The van der Waals surface area contributed by atoms with Crippen molar-refractivity contribution in [2.24, 2.45) is 0 Å². The highest BCUT2D eigenvalue weighted by Gasteiger charge is 2.40.